The molecule has 2 aromatic heterocycles. The number of likely N-dealkylation sites (tertiary alicyclic amines) is 1. The van der Waals surface area contributed by atoms with Crippen LogP contribution in [0.3, 0.4) is 0 Å². The fourth-order valence-corrected chi connectivity index (χ4v) is 3.34. The number of aromatic nitrogens is 1. The normalized spacial score (nSPS) is 17.0. The zero-order valence-electron chi connectivity index (χ0n) is 16.3. The fourth-order valence-electron chi connectivity index (χ4n) is 3.34. The number of furan rings is 1. The molecule has 3 rings (SSSR count). The first-order valence-electron chi connectivity index (χ1n) is 9.65. The van der Waals surface area contributed by atoms with Crippen LogP contribution in [0.25, 0.3) is 0 Å². The molecule has 0 radical (unpaired) electrons. The lowest BCUT2D eigenvalue weighted by Crippen LogP contribution is -2.40. The molecule has 154 valence electrons. The summed E-state index contributed by atoms with van der Waals surface area (Å²) in [5.41, 5.74) is 0.832. The van der Waals surface area contributed by atoms with Gasteiger partial charge in [0.2, 0.25) is 0 Å². The van der Waals surface area contributed by atoms with E-state index in [0.717, 1.165) is 31.0 Å². The quantitative estimate of drug-likeness (QED) is 0.294. The summed E-state index contributed by atoms with van der Waals surface area (Å²) in [5, 5.41) is 16.8. The summed E-state index contributed by atoms with van der Waals surface area (Å²) in [6.07, 6.45) is 6.91. The third kappa shape index (κ3) is 6.46. The highest BCUT2D eigenvalue weighted by Gasteiger charge is 2.25. The van der Waals surface area contributed by atoms with E-state index < -0.39 is 6.10 Å². The molecule has 1 aliphatic rings. The van der Waals surface area contributed by atoms with Gasteiger partial charge in [-0.2, -0.15) is 0 Å². The summed E-state index contributed by atoms with van der Waals surface area (Å²) in [7, 11) is 0. The summed E-state index contributed by atoms with van der Waals surface area (Å²) in [5.74, 6) is 1.65. The Morgan fingerprint density at radius 2 is 2.00 bits per heavy atom. The van der Waals surface area contributed by atoms with Crippen molar-refractivity contribution >= 4 is 29.9 Å². The van der Waals surface area contributed by atoms with Gasteiger partial charge >= 0.3 is 0 Å². The third-order valence-corrected chi connectivity index (χ3v) is 4.77. The molecule has 2 aromatic rings. The average molecular weight is 499 g/mol. The second-order valence-corrected chi connectivity index (χ2v) is 6.67. The number of aliphatic hydroxyl groups is 1. The van der Waals surface area contributed by atoms with Crippen molar-refractivity contribution < 1.29 is 9.52 Å². The maximum atomic E-state index is 10.3. The zero-order chi connectivity index (χ0) is 18.9. The van der Waals surface area contributed by atoms with Crippen molar-refractivity contribution in [3.63, 3.8) is 0 Å². The van der Waals surface area contributed by atoms with Gasteiger partial charge in [-0.3, -0.25) is 14.9 Å². The molecule has 1 fully saturated rings. The fraction of sp³-hybridized carbons (Fsp3) is 0.500. The Morgan fingerprint density at radius 3 is 2.64 bits per heavy atom. The highest BCUT2D eigenvalue weighted by atomic mass is 127. The van der Waals surface area contributed by atoms with Gasteiger partial charge in [0.1, 0.15) is 5.76 Å². The lowest BCUT2D eigenvalue weighted by molar-refractivity contribution is 0.180. The van der Waals surface area contributed by atoms with Crippen LogP contribution in [0, 0.1) is 0 Å². The minimum absolute atomic E-state index is 0. The minimum Gasteiger partial charge on any atom is -0.468 e. The number of pyridine rings is 1. The second-order valence-electron chi connectivity index (χ2n) is 6.67. The van der Waals surface area contributed by atoms with Crippen molar-refractivity contribution in [1.29, 1.82) is 0 Å². The standard InChI is InChI=1S/C20H29N5O2.HI/c1-2-22-20(24-15-18(26)16-7-9-21-10-8-16)23-14-17(19-6-5-13-27-19)25-11-3-4-12-25;/h5-10,13,17-18,26H,2-4,11-12,14-15H2,1H3,(H2,22,23,24);1H. The Morgan fingerprint density at radius 1 is 1.25 bits per heavy atom. The van der Waals surface area contributed by atoms with Crippen molar-refractivity contribution in [2.75, 3.05) is 32.7 Å². The van der Waals surface area contributed by atoms with Gasteiger partial charge in [-0.15, -0.1) is 24.0 Å². The molecule has 0 amide bonds. The predicted octanol–water partition coefficient (Wildman–Crippen LogP) is 2.72. The molecule has 1 aliphatic heterocycles. The average Bonchev–Trinajstić information content (AvgIpc) is 3.41. The molecule has 8 heteroatoms. The molecule has 0 aromatic carbocycles. The number of halogens is 1. The highest BCUT2D eigenvalue weighted by Crippen LogP contribution is 2.25. The Bertz CT molecular complexity index is 690. The van der Waals surface area contributed by atoms with Gasteiger partial charge < -0.3 is 20.2 Å². The zero-order valence-corrected chi connectivity index (χ0v) is 18.6. The van der Waals surface area contributed by atoms with Crippen LogP contribution < -0.4 is 10.6 Å². The van der Waals surface area contributed by atoms with Gasteiger partial charge in [0.25, 0.3) is 0 Å². The van der Waals surface area contributed by atoms with E-state index in [1.807, 2.05) is 31.2 Å². The van der Waals surface area contributed by atoms with Crippen molar-refractivity contribution in [3.8, 4) is 0 Å². The molecule has 2 unspecified atom stereocenters. The number of nitrogens with zero attached hydrogens (tertiary/aromatic N) is 3. The van der Waals surface area contributed by atoms with E-state index >= 15 is 0 Å². The number of aliphatic hydroxyl groups excluding tert-OH is 1. The van der Waals surface area contributed by atoms with E-state index in [-0.39, 0.29) is 30.0 Å². The van der Waals surface area contributed by atoms with E-state index in [1.54, 1.807) is 18.7 Å². The van der Waals surface area contributed by atoms with E-state index in [2.05, 4.69) is 20.5 Å². The van der Waals surface area contributed by atoms with Crippen molar-refractivity contribution in [3.05, 3.63) is 54.2 Å². The Labute approximate surface area is 183 Å². The van der Waals surface area contributed by atoms with Crippen LogP contribution in [0.15, 0.2) is 52.3 Å². The van der Waals surface area contributed by atoms with Crippen molar-refractivity contribution in [1.82, 2.24) is 20.5 Å². The lowest BCUT2D eigenvalue weighted by atomic mass is 10.1. The van der Waals surface area contributed by atoms with E-state index in [9.17, 15) is 5.11 Å². The first-order valence-corrected chi connectivity index (χ1v) is 9.65. The van der Waals surface area contributed by atoms with Crippen LogP contribution in [0.5, 0.6) is 0 Å². The van der Waals surface area contributed by atoms with Gasteiger partial charge in [-0.1, -0.05) is 0 Å². The van der Waals surface area contributed by atoms with Crippen LogP contribution in [0.4, 0.5) is 0 Å². The largest absolute Gasteiger partial charge is 0.468 e. The highest BCUT2D eigenvalue weighted by molar-refractivity contribution is 14.0. The lowest BCUT2D eigenvalue weighted by Gasteiger charge is -2.24. The Kier molecular flexibility index (Phi) is 9.72. The molecule has 2 atom stereocenters. The SMILES string of the molecule is CCNC(=NCC(c1ccco1)N1CCCC1)NCC(O)c1ccncc1.I. The number of aliphatic imine (C=N–C) groups is 1. The Hall–Kier alpha value is -1.65. The topological polar surface area (TPSA) is 85.9 Å². The first kappa shape index (κ1) is 22.6. The number of nitrogens with one attached hydrogen (secondary N) is 2. The summed E-state index contributed by atoms with van der Waals surface area (Å²) in [4.78, 5) is 11.2. The van der Waals surface area contributed by atoms with Gasteiger partial charge in [0.15, 0.2) is 5.96 Å². The molecule has 0 bridgehead atoms. The predicted molar refractivity (Wildman–Crippen MR) is 121 cm³/mol. The Balaban J connectivity index is 0.00000280. The smallest absolute Gasteiger partial charge is 0.191 e. The molecule has 0 aliphatic carbocycles. The molecular weight excluding hydrogens is 469 g/mol. The first-order chi connectivity index (χ1) is 13.3. The maximum absolute atomic E-state index is 10.3. The van der Waals surface area contributed by atoms with Crippen LogP contribution >= 0.6 is 24.0 Å². The molecule has 3 N–H and O–H groups in total. The monoisotopic (exact) mass is 499 g/mol. The third-order valence-electron chi connectivity index (χ3n) is 4.77. The van der Waals surface area contributed by atoms with Crippen LogP contribution in [0.1, 0.15) is 43.2 Å². The number of hydrogen-bond acceptors (Lipinski definition) is 5. The van der Waals surface area contributed by atoms with Gasteiger partial charge in [0.05, 0.1) is 25.0 Å². The maximum Gasteiger partial charge on any atom is 0.191 e. The summed E-state index contributed by atoms with van der Waals surface area (Å²) < 4.78 is 5.66. The van der Waals surface area contributed by atoms with Crippen molar-refractivity contribution in [2.24, 2.45) is 4.99 Å². The van der Waals surface area contributed by atoms with Gasteiger partial charge in [-0.25, -0.2) is 0 Å². The van der Waals surface area contributed by atoms with Gasteiger partial charge in [-0.05, 0) is 62.7 Å². The number of hydrogen-bond donors (Lipinski definition) is 3. The molecule has 28 heavy (non-hydrogen) atoms. The summed E-state index contributed by atoms with van der Waals surface area (Å²) >= 11 is 0. The summed E-state index contributed by atoms with van der Waals surface area (Å²) in [6.45, 7) is 5.92. The van der Waals surface area contributed by atoms with Crippen LogP contribution in [-0.4, -0.2) is 53.7 Å². The van der Waals surface area contributed by atoms with E-state index in [4.69, 9.17) is 9.41 Å². The molecular formula is C20H30IN5O2. The van der Waals surface area contributed by atoms with E-state index in [0.29, 0.717) is 19.0 Å². The molecule has 3 heterocycles. The van der Waals surface area contributed by atoms with E-state index in [1.165, 1.54) is 12.8 Å². The number of rotatable bonds is 8. The second kappa shape index (κ2) is 12.0. The number of guanidine groups is 1. The van der Waals surface area contributed by atoms with Crippen LogP contribution in [-0.2, 0) is 0 Å². The molecule has 7 nitrogen and oxygen atoms in total. The summed E-state index contributed by atoms with van der Waals surface area (Å²) in [6, 6.07) is 7.72. The molecule has 1 saturated heterocycles. The van der Waals surface area contributed by atoms with Crippen LogP contribution in [0.2, 0.25) is 0 Å². The molecule has 0 saturated carbocycles. The van der Waals surface area contributed by atoms with Crippen molar-refractivity contribution in [2.45, 2.75) is 31.9 Å². The van der Waals surface area contributed by atoms with Gasteiger partial charge in [0, 0.05) is 25.5 Å². The molecule has 0 spiro atoms. The minimum atomic E-state index is -0.615.